The number of halogens is 1. The minimum absolute atomic E-state index is 0.0796. The van der Waals surface area contributed by atoms with Gasteiger partial charge < -0.3 is 0 Å². The second-order valence-corrected chi connectivity index (χ2v) is 8.07. The van der Waals surface area contributed by atoms with E-state index in [9.17, 15) is 18.5 Å². The van der Waals surface area contributed by atoms with Crippen molar-refractivity contribution in [2.75, 3.05) is 0 Å². The molecule has 0 aliphatic heterocycles. The van der Waals surface area contributed by atoms with Crippen molar-refractivity contribution in [2.45, 2.75) is 48.0 Å². The fourth-order valence-corrected chi connectivity index (χ4v) is 5.21. The first-order chi connectivity index (χ1) is 10.3. The molecule has 0 unspecified atom stereocenters. The van der Waals surface area contributed by atoms with Crippen LogP contribution in [-0.2, 0) is 14.3 Å². The van der Waals surface area contributed by atoms with Crippen molar-refractivity contribution in [1.29, 1.82) is 0 Å². The van der Waals surface area contributed by atoms with Crippen LogP contribution in [-0.4, -0.2) is 24.3 Å². The van der Waals surface area contributed by atoms with E-state index < -0.39 is 20.6 Å². The van der Waals surface area contributed by atoms with Crippen LogP contribution in [0.1, 0.15) is 32.1 Å². The van der Waals surface area contributed by atoms with Gasteiger partial charge in [0.05, 0.1) is 15.2 Å². The second-order valence-electron chi connectivity index (χ2n) is 6.00. The highest BCUT2D eigenvalue weighted by Crippen LogP contribution is 2.50. The lowest BCUT2D eigenvalue weighted by molar-refractivity contribution is -0.384. The third-order valence-electron chi connectivity index (χ3n) is 4.67. The molecule has 1 aromatic rings. The van der Waals surface area contributed by atoms with E-state index in [-0.39, 0.29) is 16.0 Å². The number of hydrogen-bond acceptors (Lipinski definition) is 5. The normalized spacial score (nSPS) is 31.1. The number of hydrogen-bond donors (Lipinski definition) is 0. The zero-order chi connectivity index (χ0) is 16.0. The Balaban J connectivity index is 1.85. The SMILES string of the molecule is O=[N+]([O-])c1ccc(S(=O)(=O)OC23CCC(CC2)C[C@H]3Cl)cc1. The fraction of sp³-hybridized carbons (Fsp3) is 0.571. The van der Waals surface area contributed by atoms with E-state index in [1.165, 1.54) is 12.1 Å². The summed E-state index contributed by atoms with van der Waals surface area (Å²) in [5, 5.41) is 10.3. The minimum Gasteiger partial charge on any atom is -0.258 e. The lowest BCUT2D eigenvalue weighted by atomic mass is 9.67. The van der Waals surface area contributed by atoms with Gasteiger partial charge in [-0.2, -0.15) is 8.42 Å². The van der Waals surface area contributed by atoms with Crippen LogP contribution in [0.15, 0.2) is 29.2 Å². The van der Waals surface area contributed by atoms with Crippen molar-refractivity contribution < 1.29 is 17.5 Å². The summed E-state index contributed by atoms with van der Waals surface area (Å²) in [6.45, 7) is 0. The van der Waals surface area contributed by atoms with E-state index in [0.29, 0.717) is 18.8 Å². The van der Waals surface area contributed by atoms with Gasteiger partial charge in [-0.15, -0.1) is 11.6 Å². The van der Waals surface area contributed by atoms with Gasteiger partial charge in [0.2, 0.25) is 0 Å². The number of non-ortho nitro benzene ring substituents is 1. The highest BCUT2D eigenvalue weighted by Gasteiger charge is 2.50. The van der Waals surface area contributed by atoms with Gasteiger partial charge in [-0.3, -0.25) is 14.3 Å². The minimum atomic E-state index is -3.99. The molecule has 0 heterocycles. The van der Waals surface area contributed by atoms with Crippen molar-refractivity contribution in [2.24, 2.45) is 5.92 Å². The molecule has 1 aromatic carbocycles. The highest BCUT2D eigenvalue weighted by atomic mass is 35.5. The van der Waals surface area contributed by atoms with Crippen LogP contribution in [0.2, 0.25) is 0 Å². The molecule has 0 radical (unpaired) electrons. The standard InChI is InChI=1S/C14H16ClNO5S/c15-13-9-10-5-7-14(13,8-6-10)21-22(19,20)12-3-1-11(2-4-12)16(17)18/h1-4,10,13H,5-9H2/t10?,13-,14?/m1/s1. The predicted molar refractivity (Wildman–Crippen MR) is 80.3 cm³/mol. The van der Waals surface area contributed by atoms with Crippen LogP contribution < -0.4 is 0 Å². The Labute approximate surface area is 133 Å². The zero-order valence-electron chi connectivity index (χ0n) is 11.8. The van der Waals surface area contributed by atoms with E-state index in [1.54, 1.807) is 0 Å². The van der Waals surface area contributed by atoms with Gasteiger partial charge in [0, 0.05) is 12.1 Å². The van der Waals surface area contributed by atoms with Gasteiger partial charge >= 0.3 is 0 Å². The maximum atomic E-state index is 12.5. The maximum Gasteiger partial charge on any atom is 0.297 e. The summed E-state index contributed by atoms with van der Waals surface area (Å²) in [6, 6.07) is 4.71. The first-order valence-electron chi connectivity index (χ1n) is 7.17. The van der Waals surface area contributed by atoms with Crippen molar-refractivity contribution in [1.82, 2.24) is 0 Å². The van der Waals surface area contributed by atoms with Crippen LogP contribution in [0.25, 0.3) is 0 Å². The Kier molecular flexibility index (Phi) is 3.91. The topological polar surface area (TPSA) is 86.5 Å². The molecule has 22 heavy (non-hydrogen) atoms. The van der Waals surface area contributed by atoms with E-state index in [0.717, 1.165) is 31.4 Å². The molecule has 0 spiro atoms. The average molecular weight is 346 g/mol. The Hall–Kier alpha value is -1.18. The van der Waals surface area contributed by atoms with Gasteiger partial charge in [0.15, 0.2) is 0 Å². The van der Waals surface area contributed by atoms with Gasteiger partial charge in [-0.25, -0.2) is 0 Å². The number of alkyl halides is 1. The lowest BCUT2D eigenvalue weighted by Crippen LogP contribution is -2.51. The predicted octanol–water partition coefficient (Wildman–Crippen LogP) is 3.24. The van der Waals surface area contributed by atoms with Crippen LogP contribution in [0.4, 0.5) is 5.69 Å². The Morgan fingerprint density at radius 3 is 2.32 bits per heavy atom. The van der Waals surface area contributed by atoms with Crippen molar-refractivity contribution in [3.05, 3.63) is 34.4 Å². The number of benzene rings is 1. The molecular formula is C14H16ClNO5S. The van der Waals surface area contributed by atoms with Crippen LogP contribution in [0.3, 0.4) is 0 Å². The molecule has 0 aromatic heterocycles. The molecule has 2 bridgehead atoms. The number of nitro groups is 1. The summed E-state index contributed by atoms with van der Waals surface area (Å²) in [4.78, 5) is 9.98. The molecule has 0 N–H and O–H groups in total. The third-order valence-corrected chi connectivity index (χ3v) is 6.65. The molecular weight excluding hydrogens is 330 g/mol. The van der Waals surface area contributed by atoms with Gasteiger partial charge in [0.1, 0.15) is 5.60 Å². The Morgan fingerprint density at radius 1 is 1.23 bits per heavy atom. The van der Waals surface area contributed by atoms with E-state index in [1.807, 2.05) is 0 Å². The van der Waals surface area contributed by atoms with E-state index in [2.05, 4.69) is 0 Å². The van der Waals surface area contributed by atoms with Gasteiger partial charge in [-0.05, 0) is 50.2 Å². The van der Waals surface area contributed by atoms with E-state index >= 15 is 0 Å². The summed E-state index contributed by atoms with van der Waals surface area (Å²) in [5.74, 6) is 0.565. The average Bonchev–Trinajstić information content (AvgIpc) is 2.48. The summed E-state index contributed by atoms with van der Waals surface area (Å²) in [6.07, 6.45) is 3.91. The van der Waals surface area contributed by atoms with Crippen LogP contribution in [0.5, 0.6) is 0 Å². The molecule has 3 saturated carbocycles. The summed E-state index contributed by atoms with van der Waals surface area (Å²) in [5.41, 5.74) is -0.998. The zero-order valence-corrected chi connectivity index (χ0v) is 13.3. The first-order valence-corrected chi connectivity index (χ1v) is 9.01. The largest absolute Gasteiger partial charge is 0.297 e. The van der Waals surface area contributed by atoms with Crippen LogP contribution in [0, 0.1) is 16.0 Å². The summed E-state index contributed by atoms with van der Waals surface area (Å²) < 4.78 is 30.4. The molecule has 4 rings (SSSR count). The van der Waals surface area contributed by atoms with Crippen molar-refractivity contribution >= 4 is 27.4 Å². The molecule has 1 atom stereocenters. The molecule has 0 saturated heterocycles. The molecule has 3 fully saturated rings. The molecule has 3 aliphatic carbocycles. The third kappa shape index (κ3) is 2.73. The van der Waals surface area contributed by atoms with Gasteiger partial charge in [0.25, 0.3) is 15.8 Å². The van der Waals surface area contributed by atoms with Gasteiger partial charge in [-0.1, -0.05) is 0 Å². The lowest BCUT2D eigenvalue weighted by Gasteiger charge is -2.48. The number of nitrogens with zero attached hydrogens (tertiary/aromatic N) is 1. The highest BCUT2D eigenvalue weighted by molar-refractivity contribution is 7.86. The number of rotatable bonds is 4. The Morgan fingerprint density at radius 2 is 1.82 bits per heavy atom. The molecule has 3 aliphatic rings. The smallest absolute Gasteiger partial charge is 0.258 e. The molecule has 6 nitrogen and oxygen atoms in total. The summed E-state index contributed by atoms with van der Waals surface area (Å²) >= 11 is 6.35. The quantitative estimate of drug-likeness (QED) is 0.362. The second kappa shape index (κ2) is 5.47. The monoisotopic (exact) mass is 345 g/mol. The molecule has 0 amide bonds. The fourth-order valence-electron chi connectivity index (χ4n) is 3.36. The summed E-state index contributed by atoms with van der Waals surface area (Å²) in [7, 11) is -3.99. The maximum absolute atomic E-state index is 12.5. The molecule has 8 heteroatoms. The molecule has 120 valence electrons. The van der Waals surface area contributed by atoms with Crippen molar-refractivity contribution in [3.63, 3.8) is 0 Å². The number of nitro benzene ring substituents is 1. The van der Waals surface area contributed by atoms with Crippen molar-refractivity contribution in [3.8, 4) is 0 Å². The Bertz CT molecular complexity index is 680. The van der Waals surface area contributed by atoms with Crippen LogP contribution >= 0.6 is 11.6 Å². The van der Waals surface area contributed by atoms with E-state index in [4.69, 9.17) is 15.8 Å². The number of fused-ring (bicyclic) bond motifs is 3. The first kappa shape index (κ1) is 15.7.